The van der Waals surface area contributed by atoms with Crippen LogP contribution in [0.3, 0.4) is 0 Å². The lowest BCUT2D eigenvalue weighted by Gasteiger charge is -2.42. The van der Waals surface area contributed by atoms with Crippen LogP contribution in [-0.4, -0.2) is 26.3 Å². The van der Waals surface area contributed by atoms with Gasteiger partial charge in [0.15, 0.2) is 0 Å². The van der Waals surface area contributed by atoms with E-state index in [1.165, 1.54) is 5.56 Å². The average Bonchev–Trinajstić information content (AvgIpc) is 2.19. The highest BCUT2D eigenvalue weighted by atomic mass is 35.5. The fourth-order valence-electron chi connectivity index (χ4n) is 1.89. The SMILES string of the molecule is CCNCC1(c2ccc(Cl)cc2)COC1. The lowest BCUT2D eigenvalue weighted by atomic mass is 9.78. The van der Waals surface area contributed by atoms with Gasteiger partial charge in [-0.05, 0) is 24.2 Å². The van der Waals surface area contributed by atoms with Gasteiger partial charge in [0.1, 0.15) is 0 Å². The number of halogens is 1. The van der Waals surface area contributed by atoms with Crippen molar-refractivity contribution >= 4 is 11.6 Å². The first-order chi connectivity index (χ1) is 7.27. The van der Waals surface area contributed by atoms with E-state index in [1.54, 1.807) is 0 Å². The second-order valence-corrected chi connectivity index (χ2v) is 4.50. The molecule has 2 rings (SSSR count). The van der Waals surface area contributed by atoms with Gasteiger partial charge in [-0.2, -0.15) is 0 Å². The summed E-state index contributed by atoms with van der Waals surface area (Å²) in [5.74, 6) is 0. The molecule has 1 aliphatic heterocycles. The van der Waals surface area contributed by atoms with Gasteiger partial charge in [-0.1, -0.05) is 30.7 Å². The van der Waals surface area contributed by atoms with E-state index in [0.717, 1.165) is 31.3 Å². The molecule has 0 saturated carbocycles. The first-order valence-corrected chi connectivity index (χ1v) is 5.69. The molecule has 0 aliphatic carbocycles. The summed E-state index contributed by atoms with van der Waals surface area (Å²) >= 11 is 5.88. The van der Waals surface area contributed by atoms with E-state index in [0.29, 0.717) is 0 Å². The van der Waals surface area contributed by atoms with Gasteiger partial charge in [-0.25, -0.2) is 0 Å². The fraction of sp³-hybridized carbons (Fsp3) is 0.500. The summed E-state index contributed by atoms with van der Waals surface area (Å²) in [6, 6.07) is 8.09. The second-order valence-electron chi connectivity index (χ2n) is 4.06. The van der Waals surface area contributed by atoms with Gasteiger partial charge in [0.2, 0.25) is 0 Å². The van der Waals surface area contributed by atoms with E-state index >= 15 is 0 Å². The molecule has 0 bridgehead atoms. The van der Waals surface area contributed by atoms with Crippen molar-refractivity contribution in [3.63, 3.8) is 0 Å². The van der Waals surface area contributed by atoms with Gasteiger partial charge < -0.3 is 10.1 Å². The van der Waals surface area contributed by atoms with Crippen LogP contribution < -0.4 is 5.32 Å². The van der Waals surface area contributed by atoms with Gasteiger partial charge >= 0.3 is 0 Å². The monoisotopic (exact) mass is 225 g/mol. The van der Waals surface area contributed by atoms with E-state index in [-0.39, 0.29) is 5.41 Å². The largest absolute Gasteiger partial charge is 0.379 e. The molecule has 0 atom stereocenters. The summed E-state index contributed by atoms with van der Waals surface area (Å²) in [5.41, 5.74) is 1.49. The van der Waals surface area contributed by atoms with E-state index < -0.39 is 0 Å². The van der Waals surface area contributed by atoms with Crippen molar-refractivity contribution in [3.05, 3.63) is 34.9 Å². The molecule has 0 unspecified atom stereocenters. The third-order valence-corrected chi connectivity index (χ3v) is 3.18. The van der Waals surface area contributed by atoms with Gasteiger partial charge in [-0.15, -0.1) is 0 Å². The predicted molar refractivity (Wildman–Crippen MR) is 62.5 cm³/mol. The van der Waals surface area contributed by atoms with Crippen molar-refractivity contribution < 1.29 is 4.74 Å². The number of benzene rings is 1. The molecule has 0 radical (unpaired) electrons. The molecular weight excluding hydrogens is 210 g/mol. The molecule has 3 heteroatoms. The molecule has 1 aromatic carbocycles. The Kier molecular flexibility index (Phi) is 3.29. The van der Waals surface area contributed by atoms with Gasteiger partial charge in [0, 0.05) is 11.6 Å². The van der Waals surface area contributed by atoms with E-state index in [4.69, 9.17) is 16.3 Å². The predicted octanol–water partition coefficient (Wildman–Crippen LogP) is 2.22. The quantitative estimate of drug-likeness (QED) is 0.849. The van der Waals surface area contributed by atoms with Crippen LogP contribution in [0.25, 0.3) is 0 Å². The maximum Gasteiger partial charge on any atom is 0.0598 e. The molecule has 0 aromatic heterocycles. The van der Waals surface area contributed by atoms with Crippen molar-refractivity contribution in [2.45, 2.75) is 12.3 Å². The molecule has 1 N–H and O–H groups in total. The lowest BCUT2D eigenvalue weighted by molar-refractivity contribution is -0.0588. The number of hydrogen-bond donors (Lipinski definition) is 1. The molecule has 2 nitrogen and oxygen atoms in total. The van der Waals surface area contributed by atoms with Crippen molar-refractivity contribution in [2.24, 2.45) is 0 Å². The number of likely N-dealkylation sites (N-methyl/N-ethyl adjacent to an activating group) is 1. The van der Waals surface area contributed by atoms with Crippen LogP contribution >= 0.6 is 11.6 Å². The zero-order valence-corrected chi connectivity index (χ0v) is 9.68. The Balaban J connectivity index is 2.14. The average molecular weight is 226 g/mol. The maximum absolute atomic E-state index is 5.88. The Morgan fingerprint density at radius 1 is 1.33 bits per heavy atom. The van der Waals surface area contributed by atoms with Crippen LogP contribution in [0.4, 0.5) is 0 Å². The lowest BCUT2D eigenvalue weighted by Crippen LogP contribution is -2.53. The third-order valence-electron chi connectivity index (χ3n) is 2.93. The molecule has 1 saturated heterocycles. The number of rotatable bonds is 4. The minimum atomic E-state index is 0.167. The number of hydrogen-bond acceptors (Lipinski definition) is 2. The Morgan fingerprint density at radius 3 is 2.47 bits per heavy atom. The van der Waals surface area contributed by atoms with Gasteiger partial charge in [-0.3, -0.25) is 0 Å². The number of ether oxygens (including phenoxy) is 1. The van der Waals surface area contributed by atoms with Crippen LogP contribution in [0.15, 0.2) is 24.3 Å². The minimum Gasteiger partial charge on any atom is -0.379 e. The zero-order chi connectivity index (χ0) is 10.7. The molecule has 1 aromatic rings. The molecular formula is C12H16ClNO. The summed E-state index contributed by atoms with van der Waals surface area (Å²) in [5, 5.41) is 4.18. The molecule has 82 valence electrons. The molecule has 0 spiro atoms. The highest BCUT2D eigenvalue weighted by Crippen LogP contribution is 2.32. The van der Waals surface area contributed by atoms with Crippen molar-refractivity contribution in [3.8, 4) is 0 Å². The van der Waals surface area contributed by atoms with E-state index in [1.807, 2.05) is 12.1 Å². The fourth-order valence-corrected chi connectivity index (χ4v) is 2.01. The molecule has 1 fully saturated rings. The van der Waals surface area contributed by atoms with Gasteiger partial charge in [0.05, 0.1) is 18.6 Å². The van der Waals surface area contributed by atoms with Crippen molar-refractivity contribution in [1.29, 1.82) is 0 Å². The van der Waals surface area contributed by atoms with Gasteiger partial charge in [0.25, 0.3) is 0 Å². The van der Waals surface area contributed by atoms with Crippen molar-refractivity contribution in [2.75, 3.05) is 26.3 Å². The Labute approximate surface area is 95.6 Å². The first-order valence-electron chi connectivity index (χ1n) is 5.31. The van der Waals surface area contributed by atoms with Crippen LogP contribution in [-0.2, 0) is 10.2 Å². The Morgan fingerprint density at radius 2 is 2.00 bits per heavy atom. The Bertz CT molecular complexity index is 319. The summed E-state index contributed by atoms with van der Waals surface area (Å²) in [6.07, 6.45) is 0. The highest BCUT2D eigenvalue weighted by Gasteiger charge is 2.39. The molecule has 1 aliphatic rings. The standard InChI is InChI=1S/C12H16ClNO/c1-2-14-7-12(8-15-9-12)10-3-5-11(13)6-4-10/h3-6,14H,2,7-9H2,1H3. The third kappa shape index (κ3) is 2.17. The van der Waals surface area contributed by atoms with Crippen LogP contribution in [0.5, 0.6) is 0 Å². The zero-order valence-electron chi connectivity index (χ0n) is 8.92. The minimum absolute atomic E-state index is 0.167. The van der Waals surface area contributed by atoms with Crippen molar-refractivity contribution in [1.82, 2.24) is 5.32 Å². The summed E-state index contributed by atoms with van der Waals surface area (Å²) < 4.78 is 5.35. The topological polar surface area (TPSA) is 21.3 Å². The van der Waals surface area contributed by atoms with E-state index in [2.05, 4.69) is 24.4 Å². The first kappa shape index (κ1) is 10.9. The van der Waals surface area contributed by atoms with E-state index in [9.17, 15) is 0 Å². The molecule has 1 heterocycles. The second kappa shape index (κ2) is 4.52. The summed E-state index contributed by atoms with van der Waals surface area (Å²) in [7, 11) is 0. The maximum atomic E-state index is 5.88. The smallest absolute Gasteiger partial charge is 0.0598 e. The summed E-state index contributed by atoms with van der Waals surface area (Å²) in [6.45, 7) is 5.71. The van der Waals surface area contributed by atoms with Crippen LogP contribution in [0.1, 0.15) is 12.5 Å². The molecule has 0 amide bonds. The van der Waals surface area contributed by atoms with Crippen LogP contribution in [0, 0.1) is 0 Å². The Hall–Kier alpha value is -0.570. The number of nitrogens with one attached hydrogen (secondary N) is 1. The highest BCUT2D eigenvalue weighted by molar-refractivity contribution is 6.30. The summed E-state index contributed by atoms with van der Waals surface area (Å²) in [4.78, 5) is 0. The molecule has 15 heavy (non-hydrogen) atoms. The van der Waals surface area contributed by atoms with Crippen LogP contribution in [0.2, 0.25) is 5.02 Å². The normalized spacial score (nSPS) is 18.5.